The van der Waals surface area contributed by atoms with Crippen LogP contribution in [0.5, 0.6) is 11.5 Å². The molecule has 13 nitrogen and oxygen atoms in total. The summed E-state index contributed by atoms with van der Waals surface area (Å²) in [5.41, 5.74) is 10.3. The molecule has 6 aromatic rings. The van der Waals surface area contributed by atoms with Crippen LogP contribution in [0, 0.1) is 25.2 Å². The first-order chi connectivity index (χ1) is 30.1. The van der Waals surface area contributed by atoms with Gasteiger partial charge in [-0.1, -0.05) is 48.0 Å². The van der Waals surface area contributed by atoms with Gasteiger partial charge in [-0.2, -0.15) is 5.26 Å². The number of aromatic nitrogens is 3. The van der Waals surface area contributed by atoms with Crippen LogP contribution >= 0.6 is 11.6 Å². The van der Waals surface area contributed by atoms with E-state index in [1.54, 1.807) is 35.1 Å². The molecule has 8 rings (SSSR count). The number of halogens is 1. The van der Waals surface area contributed by atoms with Gasteiger partial charge in [0.1, 0.15) is 36.4 Å². The maximum atomic E-state index is 13.4. The summed E-state index contributed by atoms with van der Waals surface area (Å²) < 4.78 is 14.3. The Morgan fingerprint density at radius 2 is 1.45 bits per heavy atom. The molecule has 4 N–H and O–H groups in total. The SMILES string of the molecule is Cc1c(COc2cc(OCc3cncc(C#N)c3)c(CNCC3CCC(=O)N3)cc2Cl)cccc1-c1cccc(-c2ccn3c(=O)c(CNCC4CCC(=O)N4)cnc3c2)c1C. The number of fused-ring (bicyclic) bond motifs is 1. The predicted molar refractivity (Wildman–Crippen MR) is 237 cm³/mol. The molecular weight excluding hydrogens is 804 g/mol. The number of nitrogens with zero attached hydrogens (tertiary/aromatic N) is 4. The van der Waals surface area contributed by atoms with Gasteiger partial charge in [0, 0.05) is 98.6 Å². The highest BCUT2D eigenvalue weighted by atomic mass is 35.5. The molecule has 62 heavy (non-hydrogen) atoms. The van der Waals surface area contributed by atoms with Crippen LogP contribution < -0.4 is 36.3 Å². The highest BCUT2D eigenvalue weighted by Crippen LogP contribution is 2.37. The largest absolute Gasteiger partial charge is 0.488 e. The van der Waals surface area contributed by atoms with Crippen LogP contribution in [-0.4, -0.2) is 51.4 Å². The van der Waals surface area contributed by atoms with E-state index in [-0.39, 0.29) is 42.7 Å². The average Bonchev–Trinajstić information content (AvgIpc) is 3.90. The van der Waals surface area contributed by atoms with Crippen molar-refractivity contribution < 1.29 is 19.1 Å². The third-order valence-corrected chi connectivity index (χ3v) is 11.9. The molecule has 3 aromatic heterocycles. The molecule has 0 aliphatic carbocycles. The number of nitriles is 1. The van der Waals surface area contributed by atoms with Crippen LogP contribution in [0.3, 0.4) is 0 Å². The summed E-state index contributed by atoms with van der Waals surface area (Å²) in [7, 11) is 0. The molecule has 2 unspecified atom stereocenters. The lowest BCUT2D eigenvalue weighted by molar-refractivity contribution is -0.120. The molecule has 5 heterocycles. The number of rotatable bonds is 16. The lowest BCUT2D eigenvalue weighted by Crippen LogP contribution is -2.36. The van der Waals surface area contributed by atoms with E-state index in [0.29, 0.717) is 72.3 Å². The summed E-state index contributed by atoms with van der Waals surface area (Å²) >= 11 is 6.86. The van der Waals surface area contributed by atoms with Gasteiger partial charge < -0.3 is 30.7 Å². The maximum absolute atomic E-state index is 13.4. The Kier molecular flexibility index (Phi) is 12.9. The second-order valence-corrected chi connectivity index (χ2v) is 16.2. The van der Waals surface area contributed by atoms with E-state index in [1.807, 2.05) is 36.4 Å². The number of hydrogen-bond acceptors (Lipinski definition) is 10. The Hall–Kier alpha value is -6.59. The molecule has 316 valence electrons. The number of amides is 2. The Bertz CT molecular complexity index is 2770. The zero-order valence-electron chi connectivity index (χ0n) is 34.6. The first-order valence-corrected chi connectivity index (χ1v) is 21.1. The quantitative estimate of drug-likeness (QED) is 0.0848. The monoisotopic (exact) mass is 850 g/mol. The van der Waals surface area contributed by atoms with Crippen molar-refractivity contribution in [1.29, 1.82) is 5.26 Å². The molecule has 2 fully saturated rings. The highest BCUT2D eigenvalue weighted by Gasteiger charge is 2.22. The zero-order chi connectivity index (χ0) is 43.2. The minimum Gasteiger partial charge on any atom is -0.488 e. The number of carbonyl (C=O) groups excluding carboxylic acids is 2. The minimum atomic E-state index is -0.130. The van der Waals surface area contributed by atoms with Crippen LogP contribution in [0.1, 0.15) is 64.6 Å². The van der Waals surface area contributed by atoms with Gasteiger partial charge in [0.15, 0.2) is 0 Å². The van der Waals surface area contributed by atoms with Crippen molar-refractivity contribution in [1.82, 2.24) is 35.6 Å². The summed E-state index contributed by atoms with van der Waals surface area (Å²) in [6.45, 7) is 6.66. The highest BCUT2D eigenvalue weighted by molar-refractivity contribution is 6.32. The Morgan fingerprint density at radius 3 is 2.16 bits per heavy atom. The molecule has 0 saturated carbocycles. The lowest BCUT2D eigenvalue weighted by atomic mass is 9.90. The predicted octanol–water partition coefficient (Wildman–Crippen LogP) is 6.46. The number of carbonyl (C=O) groups is 2. The zero-order valence-corrected chi connectivity index (χ0v) is 35.4. The fraction of sp³-hybridized carbons (Fsp3) is 0.292. The molecule has 0 bridgehead atoms. The van der Waals surface area contributed by atoms with Crippen molar-refractivity contribution in [2.75, 3.05) is 13.1 Å². The van der Waals surface area contributed by atoms with Gasteiger partial charge in [-0.25, -0.2) is 4.98 Å². The summed E-state index contributed by atoms with van der Waals surface area (Å²) in [5, 5.41) is 22.4. The van der Waals surface area contributed by atoms with E-state index in [1.165, 1.54) is 6.20 Å². The maximum Gasteiger partial charge on any atom is 0.262 e. The van der Waals surface area contributed by atoms with Crippen molar-refractivity contribution in [2.45, 2.75) is 77.9 Å². The van der Waals surface area contributed by atoms with E-state index in [0.717, 1.165) is 62.9 Å². The van der Waals surface area contributed by atoms with Crippen molar-refractivity contribution in [2.24, 2.45) is 0 Å². The minimum absolute atomic E-state index is 0.0651. The number of nitrogens with one attached hydrogen (secondary N) is 4. The number of ether oxygens (including phenoxy) is 2. The van der Waals surface area contributed by atoms with E-state index < -0.39 is 0 Å². The average molecular weight is 851 g/mol. The summed E-state index contributed by atoms with van der Waals surface area (Å²) in [4.78, 5) is 45.4. The van der Waals surface area contributed by atoms with Crippen LogP contribution in [0.2, 0.25) is 5.02 Å². The summed E-state index contributed by atoms with van der Waals surface area (Å²) in [5.74, 6) is 1.17. The van der Waals surface area contributed by atoms with E-state index in [2.05, 4.69) is 69.4 Å². The molecule has 2 atom stereocenters. The molecule has 14 heteroatoms. The van der Waals surface area contributed by atoms with Crippen LogP contribution in [0.15, 0.2) is 96.3 Å². The van der Waals surface area contributed by atoms with Crippen molar-refractivity contribution in [3.05, 3.63) is 146 Å². The number of pyridine rings is 2. The van der Waals surface area contributed by atoms with E-state index in [9.17, 15) is 19.6 Å². The Morgan fingerprint density at radius 1 is 0.774 bits per heavy atom. The topological polar surface area (TPSA) is 172 Å². The number of hydrogen-bond donors (Lipinski definition) is 4. The van der Waals surface area contributed by atoms with Crippen LogP contribution in [-0.2, 0) is 35.9 Å². The summed E-state index contributed by atoms with van der Waals surface area (Å²) in [6.07, 6.45) is 9.23. The van der Waals surface area contributed by atoms with Crippen molar-refractivity contribution >= 4 is 29.1 Å². The van der Waals surface area contributed by atoms with Gasteiger partial charge in [-0.05, 0) is 89.9 Å². The lowest BCUT2D eigenvalue weighted by Gasteiger charge is -2.19. The molecule has 2 aliphatic rings. The molecule has 2 aliphatic heterocycles. The van der Waals surface area contributed by atoms with E-state index >= 15 is 0 Å². The third kappa shape index (κ3) is 9.63. The fourth-order valence-corrected chi connectivity index (χ4v) is 8.34. The second kappa shape index (κ2) is 19.0. The fourth-order valence-electron chi connectivity index (χ4n) is 8.10. The molecule has 3 aromatic carbocycles. The smallest absolute Gasteiger partial charge is 0.262 e. The first-order valence-electron chi connectivity index (χ1n) is 20.7. The molecule has 0 radical (unpaired) electrons. The second-order valence-electron chi connectivity index (χ2n) is 15.8. The van der Waals surface area contributed by atoms with Crippen molar-refractivity contribution in [3.8, 4) is 39.8 Å². The first kappa shape index (κ1) is 42.1. The van der Waals surface area contributed by atoms with Gasteiger partial charge in [0.05, 0.1) is 10.6 Å². The van der Waals surface area contributed by atoms with E-state index in [4.69, 9.17) is 21.1 Å². The molecule has 2 saturated heterocycles. The van der Waals surface area contributed by atoms with Crippen molar-refractivity contribution in [3.63, 3.8) is 0 Å². The van der Waals surface area contributed by atoms with Gasteiger partial charge in [-0.15, -0.1) is 0 Å². The standard InChI is InChI=1S/C48H47ClN8O5/c1-29-34(28-62-44-18-43(61-27-32-15-31(19-50)20-51-21-32)35(16-42(44)49)22-52-25-37-9-11-46(58)55-37)5-3-7-40(29)41-8-4-6-39(30(41)2)33-13-14-57-45(17-33)54-24-36(48(57)60)23-53-26-38-10-12-47(59)56-38/h3-8,13-18,20-21,24,37-38,52-53H,9-12,22-23,25-28H2,1-2H3,(H,55,58)(H,56,59). The van der Waals surface area contributed by atoms with Crippen LogP contribution in [0.25, 0.3) is 27.9 Å². The third-order valence-electron chi connectivity index (χ3n) is 11.6. The normalized spacial score (nSPS) is 16.0. The van der Waals surface area contributed by atoms with Gasteiger partial charge >= 0.3 is 0 Å². The van der Waals surface area contributed by atoms with Gasteiger partial charge in [0.2, 0.25) is 11.8 Å². The molecule has 0 spiro atoms. The number of benzene rings is 3. The summed E-state index contributed by atoms with van der Waals surface area (Å²) in [6, 6.07) is 23.9. The molecule has 2 amide bonds. The Labute approximate surface area is 364 Å². The van der Waals surface area contributed by atoms with Gasteiger partial charge in [0.25, 0.3) is 5.56 Å². The molecular formula is C48H47ClN8O5. The van der Waals surface area contributed by atoms with Gasteiger partial charge in [-0.3, -0.25) is 23.8 Å². The Balaban J connectivity index is 0.985. The van der Waals surface area contributed by atoms with Crippen LogP contribution in [0.4, 0.5) is 0 Å².